The first kappa shape index (κ1) is 87.4. The molecule has 2 aromatic rings. The van der Waals surface area contributed by atoms with Gasteiger partial charge < -0.3 is 64.2 Å². The van der Waals surface area contributed by atoms with Crippen molar-refractivity contribution in [1.82, 2.24) is 19.1 Å². The number of aromatic nitrogens is 4. The fourth-order valence-electron chi connectivity index (χ4n) is 12.9. The summed E-state index contributed by atoms with van der Waals surface area (Å²) in [5.41, 5.74) is 1.62. The van der Waals surface area contributed by atoms with Crippen LogP contribution in [-0.4, -0.2) is 163 Å². The largest absolute Gasteiger partial charge is 0.414 e. The zero-order valence-electron chi connectivity index (χ0n) is 59.9. The third kappa shape index (κ3) is 23.2. The summed E-state index contributed by atoms with van der Waals surface area (Å²) in [6, 6.07) is 6.47. The molecule has 4 saturated heterocycles. The molecule has 2 aromatic heterocycles. The summed E-state index contributed by atoms with van der Waals surface area (Å²) in [6.45, 7) is 49.5. The van der Waals surface area contributed by atoms with Gasteiger partial charge >= 0.3 is 45.6 Å². The van der Waals surface area contributed by atoms with E-state index in [-0.39, 0.29) is 124 Å². The Bertz CT molecular complexity index is 2770. The van der Waals surface area contributed by atoms with E-state index >= 15 is 0 Å². The van der Waals surface area contributed by atoms with Gasteiger partial charge in [-0.25, -0.2) is 9.59 Å². The number of ether oxygens (including phenoxy) is 7. The van der Waals surface area contributed by atoms with Crippen molar-refractivity contribution in [2.75, 3.05) is 59.0 Å². The number of fused-ring (bicyclic) bond motifs is 2. The van der Waals surface area contributed by atoms with Crippen LogP contribution in [0.15, 0.2) is 43.7 Å². The molecule has 6 unspecified atom stereocenters. The number of nitrogens with one attached hydrogen (secondary N) is 2. The number of hydrogen-bond acceptors (Lipinski definition) is 21. The van der Waals surface area contributed by atoms with E-state index in [0.717, 1.165) is 16.6 Å². The van der Waals surface area contributed by atoms with E-state index < -0.39 is 106 Å². The molecule has 0 spiro atoms. The number of aliphatic hydroxyl groups excluding tert-OH is 1. The Morgan fingerprint density at radius 2 is 0.925 bits per heavy atom. The average Bonchev–Trinajstić information content (AvgIpc) is 1.74. The molecule has 8 atom stereocenters. The van der Waals surface area contributed by atoms with E-state index in [0.29, 0.717) is 25.8 Å². The minimum absolute atomic E-state index is 0. The molecule has 4 aliphatic heterocycles. The van der Waals surface area contributed by atoms with Crippen molar-refractivity contribution in [3.05, 3.63) is 66.2 Å². The van der Waals surface area contributed by atoms with Gasteiger partial charge in [-0.05, 0) is 50.6 Å². The van der Waals surface area contributed by atoms with Crippen molar-refractivity contribution in [3.8, 4) is 12.1 Å². The summed E-state index contributed by atoms with van der Waals surface area (Å²) in [4.78, 5) is 53.0. The number of nitriles is 2. The molecule has 0 amide bonds. The molecule has 4 aliphatic rings. The maximum Gasteiger partial charge on any atom is 0.335 e. The smallest absolute Gasteiger partial charge is 0.335 e. The van der Waals surface area contributed by atoms with Gasteiger partial charge in [-0.3, -0.25) is 28.7 Å². The maximum atomic E-state index is 12.8. The normalized spacial score (nSPS) is 23.9. The summed E-state index contributed by atoms with van der Waals surface area (Å²) in [6.07, 6.45) is -0.892. The van der Waals surface area contributed by atoms with Crippen molar-refractivity contribution >= 4 is 54.8 Å². The molecule has 531 valence electrons. The predicted molar refractivity (Wildman–Crippen MR) is 368 cm³/mol. The fourth-order valence-corrected chi connectivity index (χ4v) is 39.6. The number of rotatable bonds is 26. The Kier molecular flexibility index (Phi) is 38.6. The minimum atomic E-state index is -3.00. The standard InChI is InChI=1S/C26H45N3O9Si2.C21H38N2O7Si2.C9H21Si.C6H11NO2S.U/c1-17(2)39(18(3)4)35-14-21-23(37-40(38-39,19(5)6)20(7)8)24(34-16-33-15-32-13-9-11-27)25(36-21)29-12-10-22(30)28-26(29)31;1-12(2)31(13(3)4)27-11-16-19(29-32(30-31,14(5)6)15(7)8)18(25)20(28-16)23-10-9-17(24)22-21(23)26;1-7(2)10(8(3)4)9(5)6;1-10-6-9-5-8-4-2-3-7;/h10,12,17-21,23-25H,9,13-16H2,1-8H3,(H,28,30,31);9-10,12-16,18-20,25H,11H2,1-8H3,(H,22,24,26);7-9H,1-6H3;2,4-6H2,1H3;/t21?,23-,24?,25?;16?,18?,19-,20?;;;/m00.../s1. The summed E-state index contributed by atoms with van der Waals surface area (Å²) < 4.78 is 83.7. The Labute approximate surface area is 588 Å². The average molecular weight is 1640 g/mol. The van der Waals surface area contributed by atoms with Crippen LogP contribution in [0.3, 0.4) is 0 Å². The summed E-state index contributed by atoms with van der Waals surface area (Å²) in [5.74, 6) is 0.645. The van der Waals surface area contributed by atoms with Crippen molar-refractivity contribution in [1.29, 1.82) is 10.5 Å². The van der Waals surface area contributed by atoms with E-state index in [1.54, 1.807) is 11.8 Å². The summed E-state index contributed by atoms with van der Waals surface area (Å²) in [7, 11) is -11.5. The zero-order valence-corrected chi connectivity index (χ0v) is 69.9. The molecule has 1 radical (unpaired) electrons. The molecule has 3 N–H and O–H groups in total. The Morgan fingerprint density at radius 1 is 0.559 bits per heavy atom. The molecule has 0 aliphatic carbocycles. The number of hydrogen-bond donors (Lipinski definition) is 3. The predicted octanol–water partition coefficient (Wildman–Crippen LogP) is 11.3. The van der Waals surface area contributed by atoms with Gasteiger partial charge in [0.1, 0.15) is 57.0 Å². The Morgan fingerprint density at radius 3 is 1.28 bits per heavy atom. The topological polar surface area (TPSA) is 298 Å². The first-order valence-corrected chi connectivity index (χ1v) is 43.8. The molecule has 0 saturated carbocycles. The van der Waals surface area contributed by atoms with Crippen molar-refractivity contribution in [2.45, 2.75) is 275 Å². The second-order valence-electron chi connectivity index (χ2n) is 27.2. The molecule has 0 aromatic carbocycles. The first-order valence-electron chi connectivity index (χ1n) is 32.8. The molecular formula is C62H115N6O18SSi5U. The van der Waals surface area contributed by atoms with Gasteiger partial charge in [-0.1, -0.05) is 169 Å². The quantitative estimate of drug-likeness (QED) is 0.0448. The molecule has 0 bridgehead atoms. The number of aromatic amines is 2. The van der Waals surface area contributed by atoms with Crippen LogP contribution < -0.4 is 22.5 Å². The molecule has 93 heavy (non-hydrogen) atoms. The van der Waals surface area contributed by atoms with Crippen molar-refractivity contribution < 1.29 is 95.3 Å². The third-order valence-corrected chi connectivity index (χ3v) is 42.0. The van der Waals surface area contributed by atoms with Crippen molar-refractivity contribution in [3.63, 3.8) is 0 Å². The van der Waals surface area contributed by atoms with E-state index in [2.05, 4.69) is 162 Å². The first-order chi connectivity index (χ1) is 43.1. The van der Waals surface area contributed by atoms with Crippen LogP contribution in [0.5, 0.6) is 0 Å². The minimum Gasteiger partial charge on any atom is -0.414 e. The third-order valence-electron chi connectivity index (χ3n) is 17.1. The van der Waals surface area contributed by atoms with E-state index in [9.17, 15) is 24.3 Å². The van der Waals surface area contributed by atoms with Crippen LogP contribution in [0.2, 0.25) is 61.0 Å². The van der Waals surface area contributed by atoms with Gasteiger partial charge in [-0.2, -0.15) is 10.5 Å². The number of aliphatic hydroxyl groups is 1. The SMILES string of the molecule is CC(C)[Si](C(C)C)C(C)C.CC(C)[Si]1(C(C)C)OCC2OC(n3ccc(=O)[nH]c3=O)C(O)[C@H]2O[Si](C(C)C)(C(C)C)O1.CC(C)[Si]1(C(C)C)OCC2OC(n3ccc(=O)[nH]c3=O)C(OCOCOCCC#N)[C@H]2O[Si](C(C)C)(C(C)C)O1.CSCOCOCCC#N.[U]. The maximum absolute atomic E-state index is 12.8. The molecule has 31 heteroatoms. The number of thioether (sulfide) groups is 1. The van der Waals surface area contributed by atoms with Crippen LogP contribution >= 0.6 is 11.8 Å². The van der Waals surface area contributed by atoms with Gasteiger partial charge in [0.15, 0.2) is 12.5 Å². The van der Waals surface area contributed by atoms with Crippen LogP contribution in [0.1, 0.15) is 178 Å². The van der Waals surface area contributed by atoms with Gasteiger partial charge in [-0.15, -0.1) is 11.8 Å². The van der Waals surface area contributed by atoms with E-state index in [1.807, 2.05) is 18.4 Å². The Hall–Kier alpha value is -1.73. The monoisotopic (exact) mass is 1640 g/mol. The van der Waals surface area contributed by atoms with E-state index in [4.69, 9.17) is 69.6 Å². The number of nitrogens with zero attached hydrogens (tertiary/aromatic N) is 4. The second-order valence-corrected chi connectivity index (χ2v) is 50.1. The molecule has 6 rings (SSSR count). The van der Waals surface area contributed by atoms with Gasteiger partial charge in [0, 0.05) is 55.6 Å². The molecule has 4 fully saturated rings. The summed E-state index contributed by atoms with van der Waals surface area (Å²) >= 11 is 1.60. The molecule has 6 heterocycles. The van der Waals surface area contributed by atoms with Crippen LogP contribution in [0.4, 0.5) is 0 Å². The van der Waals surface area contributed by atoms with Gasteiger partial charge in [0.25, 0.3) is 11.1 Å². The van der Waals surface area contributed by atoms with Gasteiger partial charge in [0.05, 0.1) is 66.1 Å². The molecule has 24 nitrogen and oxygen atoms in total. The van der Waals surface area contributed by atoms with Crippen LogP contribution in [-0.2, 0) is 59.1 Å². The van der Waals surface area contributed by atoms with Crippen LogP contribution in [0.25, 0.3) is 0 Å². The Balaban J connectivity index is 0.000000491. The van der Waals surface area contributed by atoms with Crippen LogP contribution in [0, 0.1) is 53.8 Å². The second kappa shape index (κ2) is 41.1. The van der Waals surface area contributed by atoms with Gasteiger partial charge in [0.2, 0.25) is 0 Å². The fraction of sp³-hybridized carbons (Fsp3) is 0.839. The zero-order chi connectivity index (χ0) is 69.6. The summed E-state index contributed by atoms with van der Waals surface area (Å²) in [5, 5.41) is 28.0. The number of H-pyrrole nitrogens is 2. The molecular weight excluding hydrogens is 1530 g/mol. The van der Waals surface area contributed by atoms with Crippen molar-refractivity contribution in [2.24, 2.45) is 0 Å². The van der Waals surface area contributed by atoms with E-state index in [1.165, 1.54) is 33.7 Å².